The van der Waals surface area contributed by atoms with E-state index in [1.165, 1.54) is 0 Å². The van der Waals surface area contributed by atoms with Crippen LogP contribution in [0.2, 0.25) is 0 Å². The van der Waals surface area contributed by atoms with Gasteiger partial charge in [-0.05, 0) is 32.0 Å². The molecule has 6 heteroatoms. The highest BCUT2D eigenvalue weighted by atomic mass is 32.1. The van der Waals surface area contributed by atoms with E-state index in [-0.39, 0.29) is 0 Å². The van der Waals surface area contributed by atoms with Gasteiger partial charge in [0.15, 0.2) is 0 Å². The lowest BCUT2D eigenvalue weighted by atomic mass is 10.2. The molecule has 1 N–H and O–H groups in total. The molecule has 0 radical (unpaired) electrons. The second kappa shape index (κ2) is 6.97. The maximum Gasteiger partial charge on any atom is 0.125 e. The highest BCUT2D eigenvalue weighted by Gasteiger charge is 2.12. The molecule has 0 atom stereocenters. The van der Waals surface area contributed by atoms with Crippen LogP contribution in [0.25, 0.3) is 11.0 Å². The molecule has 2 heterocycles. The first-order chi connectivity index (χ1) is 11.6. The number of imidazole rings is 1. The molecule has 3 rings (SSSR count). The Morgan fingerprint density at radius 2 is 2.17 bits per heavy atom. The number of thiocarbonyl (C=S) groups is 1. The molecule has 0 aliphatic rings. The number of nitrogens with one attached hydrogen (secondary N) is 1. The van der Waals surface area contributed by atoms with Crippen LogP contribution in [-0.4, -0.2) is 26.6 Å². The van der Waals surface area contributed by atoms with Gasteiger partial charge >= 0.3 is 0 Å². The summed E-state index contributed by atoms with van der Waals surface area (Å²) in [4.78, 5) is 9.48. The van der Waals surface area contributed by atoms with Gasteiger partial charge in [-0.3, -0.25) is 4.98 Å². The first-order valence-corrected chi connectivity index (χ1v) is 8.27. The van der Waals surface area contributed by atoms with Gasteiger partial charge in [0.25, 0.3) is 0 Å². The number of para-hydroxylation sites is 1. The number of hydrogen-bond donors (Lipinski definition) is 1. The van der Waals surface area contributed by atoms with Crippen molar-refractivity contribution in [2.75, 3.05) is 12.4 Å². The highest BCUT2D eigenvalue weighted by molar-refractivity contribution is 7.80. The van der Waals surface area contributed by atoms with Crippen LogP contribution < -0.4 is 10.1 Å². The van der Waals surface area contributed by atoms with Crippen molar-refractivity contribution in [3.8, 4) is 5.75 Å². The third-order valence-electron chi connectivity index (χ3n) is 3.98. The number of benzene rings is 1. The molecule has 0 aliphatic carbocycles. The Balaban J connectivity index is 1.88. The number of ether oxygens (including phenoxy) is 1. The van der Waals surface area contributed by atoms with E-state index in [1.807, 2.05) is 31.2 Å². The van der Waals surface area contributed by atoms with Gasteiger partial charge in [-0.15, -0.1) is 0 Å². The Hall–Kier alpha value is -2.47. The summed E-state index contributed by atoms with van der Waals surface area (Å²) in [6.07, 6.45) is 4.07. The van der Waals surface area contributed by atoms with E-state index >= 15 is 0 Å². The normalized spacial score (nSPS) is 10.8. The summed E-state index contributed by atoms with van der Waals surface area (Å²) in [6, 6.07) is 7.88. The molecule has 0 unspecified atom stereocenters. The maximum atomic E-state index is 5.55. The van der Waals surface area contributed by atoms with Gasteiger partial charge in [0, 0.05) is 30.9 Å². The topological polar surface area (TPSA) is 52.0 Å². The molecule has 0 saturated carbocycles. The fourth-order valence-electron chi connectivity index (χ4n) is 2.90. The van der Waals surface area contributed by atoms with Crippen molar-refractivity contribution in [3.05, 3.63) is 48.0 Å². The quantitative estimate of drug-likeness (QED) is 0.717. The van der Waals surface area contributed by atoms with Gasteiger partial charge < -0.3 is 14.6 Å². The Kier molecular flexibility index (Phi) is 4.76. The third kappa shape index (κ3) is 3.10. The van der Waals surface area contributed by atoms with E-state index in [2.05, 4.69) is 26.8 Å². The molecule has 0 spiro atoms. The molecule has 5 nitrogen and oxygen atoms in total. The molecule has 3 aromatic rings. The Bertz CT molecular complexity index is 888. The van der Waals surface area contributed by atoms with Crippen molar-refractivity contribution >= 4 is 33.9 Å². The van der Waals surface area contributed by atoms with E-state index in [1.54, 1.807) is 19.5 Å². The summed E-state index contributed by atoms with van der Waals surface area (Å²) >= 11 is 5.55. The van der Waals surface area contributed by atoms with E-state index < -0.39 is 0 Å². The van der Waals surface area contributed by atoms with Crippen molar-refractivity contribution in [2.45, 2.75) is 26.8 Å². The number of methoxy groups -OCH3 is 1. The summed E-state index contributed by atoms with van der Waals surface area (Å²) in [5, 5.41) is 3.36. The number of anilines is 1. The molecule has 2 aromatic heterocycles. The molecular formula is C18H20N4OS. The first-order valence-electron chi connectivity index (χ1n) is 7.86. The van der Waals surface area contributed by atoms with Gasteiger partial charge in [0.05, 0.1) is 28.8 Å². The molecule has 24 heavy (non-hydrogen) atoms. The maximum absolute atomic E-state index is 5.55. The van der Waals surface area contributed by atoms with Crippen LogP contribution in [0.5, 0.6) is 5.75 Å². The molecule has 0 fully saturated rings. The summed E-state index contributed by atoms with van der Waals surface area (Å²) in [5.74, 6) is 1.79. The molecule has 0 amide bonds. The SMILES string of the molecule is CCn1c(C)nc2cccc(NC(=S)Cc3cnccc3OC)c21. The summed E-state index contributed by atoms with van der Waals surface area (Å²) in [5.41, 5.74) is 3.99. The standard InChI is InChI=1S/C18H20N4OS/c1-4-22-12(2)20-14-6-5-7-15(18(14)22)21-17(24)10-13-11-19-9-8-16(13)23-3/h5-9,11H,4,10H2,1-3H3,(H,21,24). The van der Waals surface area contributed by atoms with E-state index in [0.717, 1.165) is 45.4 Å². The van der Waals surface area contributed by atoms with Gasteiger partial charge in [0.1, 0.15) is 11.6 Å². The van der Waals surface area contributed by atoms with Gasteiger partial charge in [0.2, 0.25) is 0 Å². The van der Waals surface area contributed by atoms with Crippen LogP contribution in [0.1, 0.15) is 18.3 Å². The van der Waals surface area contributed by atoms with Crippen LogP contribution in [0, 0.1) is 6.92 Å². The predicted molar refractivity (Wildman–Crippen MR) is 101 cm³/mol. The van der Waals surface area contributed by atoms with Gasteiger partial charge in [-0.1, -0.05) is 18.3 Å². The lowest BCUT2D eigenvalue weighted by Gasteiger charge is -2.13. The highest BCUT2D eigenvalue weighted by Crippen LogP contribution is 2.25. The minimum Gasteiger partial charge on any atom is -0.496 e. The average molecular weight is 340 g/mol. The number of aromatic nitrogens is 3. The van der Waals surface area contributed by atoms with Crippen molar-refractivity contribution in [3.63, 3.8) is 0 Å². The molecule has 124 valence electrons. The van der Waals surface area contributed by atoms with Crippen molar-refractivity contribution in [2.24, 2.45) is 0 Å². The fraction of sp³-hybridized carbons (Fsp3) is 0.278. The molecule has 1 aromatic carbocycles. The fourth-order valence-corrected chi connectivity index (χ4v) is 3.17. The number of aryl methyl sites for hydroxylation is 2. The van der Waals surface area contributed by atoms with Crippen molar-refractivity contribution in [1.82, 2.24) is 14.5 Å². The number of fused-ring (bicyclic) bond motifs is 1. The Labute approximate surface area is 146 Å². The lowest BCUT2D eigenvalue weighted by Crippen LogP contribution is -2.14. The van der Waals surface area contributed by atoms with Crippen LogP contribution in [-0.2, 0) is 13.0 Å². The van der Waals surface area contributed by atoms with Gasteiger partial charge in [-0.2, -0.15) is 0 Å². The smallest absolute Gasteiger partial charge is 0.125 e. The number of nitrogens with zero attached hydrogens (tertiary/aromatic N) is 3. The zero-order valence-corrected chi connectivity index (χ0v) is 14.9. The van der Waals surface area contributed by atoms with Crippen molar-refractivity contribution < 1.29 is 4.74 Å². The van der Waals surface area contributed by atoms with Crippen LogP contribution >= 0.6 is 12.2 Å². The second-order valence-corrected chi connectivity index (χ2v) is 5.98. The predicted octanol–water partition coefficient (Wildman–Crippen LogP) is 3.75. The summed E-state index contributed by atoms with van der Waals surface area (Å²) < 4.78 is 7.55. The number of rotatable bonds is 5. The van der Waals surface area contributed by atoms with Crippen molar-refractivity contribution in [1.29, 1.82) is 0 Å². The zero-order valence-electron chi connectivity index (χ0n) is 14.0. The summed E-state index contributed by atoms with van der Waals surface area (Å²) in [7, 11) is 1.65. The molecule has 0 bridgehead atoms. The average Bonchev–Trinajstić information content (AvgIpc) is 2.91. The number of pyridine rings is 1. The summed E-state index contributed by atoms with van der Waals surface area (Å²) in [6.45, 7) is 5.00. The first kappa shape index (κ1) is 16.4. The third-order valence-corrected chi connectivity index (χ3v) is 4.22. The van der Waals surface area contributed by atoms with Gasteiger partial charge in [-0.25, -0.2) is 4.98 Å². The largest absolute Gasteiger partial charge is 0.496 e. The number of hydrogen-bond acceptors (Lipinski definition) is 4. The van der Waals surface area contributed by atoms with Crippen LogP contribution in [0.3, 0.4) is 0 Å². The Morgan fingerprint density at radius 3 is 2.92 bits per heavy atom. The minimum atomic E-state index is 0.571. The van der Waals surface area contributed by atoms with E-state index in [4.69, 9.17) is 17.0 Å². The lowest BCUT2D eigenvalue weighted by molar-refractivity contribution is 0.410. The van der Waals surface area contributed by atoms with E-state index in [0.29, 0.717) is 6.42 Å². The second-order valence-electron chi connectivity index (χ2n) is 5.49. The van der Waals surface area contributed by atoms with Crippen LogP contribution in [0.4, 0.5) is 5.69 Å². The van der Waals surface area contributed by atoms with Crippen LogP contribution in [0.15, 0.2) is 36.7 Å². The monoisotopic (exact) mass is 340 g/mol. The minimum absolute atomic E-state index is 0.571. The van der Waals surface area contributed by atoms with E-state index in [9.17, 15) is 0 Å². The molecule has 0 saturated heterocycles. The zero-order chi connectivity index (χ0) is 17.1. The molecule has 0 aliphatic heterocycles. The molecular weight excluding hydrogens is 320 g/mol. The Morgan fingerprint density at radius 1 is 1.33 bits per heavy atom.